The van der Waals surface area contributed by atoms with Crippen LogP contribution in [0.3, 0.4) is 0 Å². The van der Waals surface area contributed by atoms with Crippen molar-refractivity contribution in [1.82, 2.24) is 20.9 Å². The highest BCUT2D eigenvalue weighted by atomic mass is 16.5. The Morgan fingerprint density at radius 3 is 2.64 bits per heavy atom. The third kappa shape index (κ3) is 3.26. The Kier molecular flexibility index (Phi) is 5.45. The zero-order valence-electron chi connectivity index (χ0n) is 20.1. The number of aryl methyl sites for hydroxylation is 1. The van der Waals surface area contributed by atoms with E-state index in [1.54, 1.807) is 12.1 Å². The van der Waals surface area contributed by atoms with Crippen LogP contribution in [-0.2, 0) is 16.0 Å². The Labute approximate surface area is 207 Å². The molecule has 13 heteroatoms. The van der Waals surface area contributed by atoms with E-state index in [-0.39, 0.29) is 49.7 Å². The summed E-state index contributed by atoms with van der Waals surface area (Å²) >= 11 is 0. The molecule has 3 unspecified atom stereocenters. The summed E-state index contributed by atoms with van der Waals surface area (Å²) in [5.74, 6) is -3.67. The van der Waals surface area contributed by atoms with Crippen LogP contribution in [0.25, 0.3) is 0 Å². The van der Waals surface area contributed by atoms with Gasteiger partial charge in [0.1, 0.15) is 18.1 Å². The average molecular weight is 500 g/mol. The summed E-state index contributed by atoms with van der Waals surface area (Å²) in [6, 6.07) is 2.52. The molecule has 3 amide bonds. The van der Waals surface area contributed by atoms with Crippen LogP contribution in [0.15, 0.2) is 23.2 Å². The molecule has 2 fully saturated rings. The van der Waals surface area contributed by atoms with E-state index in [0.29, 0.717) is 5.56 Å². The second kappa shape index (κ2) is 8.17. The van der Waals surface area contributed by atoms with E-state index >= 15 is 0 Å². The van der Waals surface area contributed by atoms with Crippen molar-refractivity contribution in [3.8, 4) is 0 Å². The summed E-state index contributed by atoms with van der Waals surface area (Å²) in [6.45, 7) is 3.70. The maximum absolute atomic E-state index is 13.2. The number of benzene rings is 1. The largest absolute Gasteiger partial charge is 0.370 e. The van der Waals surface area contributed by atoms with Gasteiger partial charge in [0.25, 0.3) is 5.91 Å². The summed E-state index contributed by atoms with van der Waals surface area (Å²) in [4.78, 5) is 43.2. The summed E-state index contributed by atoms with van der Waals surface area (Å²) < 4.78 is 1.48. The molecule has 0 bridgehead atoms. The summed E-state index contributed by atoms with van der Waals surface area (Å²) in [6.07, 6.45) is 0.986. The van der Waals surface area contributed by atoms with Crippen molar-refractivity contribution >= 4 is 29.6 Å². The van der Waals surface area contributed by atoms with Crippen molar-refractivity contribution in [3.05, 3.63) is 34.9 Å². The van der Waals surface area contributed by atoms with Gasteiger partial charge in [-0.05, 0) is 30.5 Å². The van der Waals surface area contributed by atoms with E-state index in [1.807, 2.05) is 19.9 Å². The molecular formula is C23H31N8O5+. The molecule has 4 aliphatic heterocycles. The van der Waals surface area contributed by atoms with E-state index in [1.165, 1.54) is 4.58 Å². The second-order valence-electron chi connectivity index (χ2n) is 9.69. The minimum Gasteiger partial charge on any atom is -0.370 e. The van der Waals surface area contributed by atoms with E-state index < -0.39 is 35.5 Å². The second-order valence-corrected chi connectivity index (χ2v) is 9.69. The Hall–Kier alpha value is -3.71. The number of aliphatic hydroxyl groups is 2. The number of nitrogens with two attached hydrogens (primary N) is 2. The highest BCUT2D eigenvalue weighted by Gasteiger charge is 2.75. The zero-order chi connectivity index (χ0) is 26.0. The number of hydrogen-bond donors (Lipinski definition) is 7. The third-order valence-corrected chi connectivity index (χ3v) is 7.78. The van der Waals surface area contributed by atoms with Crippen molar-refractivity contribution in [2.75, 3.05) is 13.1 Å². The van der Waals surface area contributed by atoms with Gasteiger partial charge in [0.15, 0.2) is 5.96 Å². The lowest BCUT2D eigenvalue weighted by molar-refractivity contribution is -0.623. The maximum atomic E-state index is 13.2. The van der Waals surface area contributed by atoms with E-state index in [4.69, 9.17) is 11.5 Å². The number of rotatable bonds is 5. The van der Waals surface area contributed by atoms with E-state index in [0.717, 1.165) is 22.4 Å². The van der Waals surface area contributed by atoms with Gasteiger partial charge >= 0.3 is 5.96 Å². The van der Waals surface area contributed by atoms with Crippen LogP contribution in [0.2, 0.25) is 0 Å². The molecule has 2 saturated heterocycles. The number of hydrogen-bond acceptors (Lipinski definition) is 10. The predicted molar refractivity (Wildman–Crippen MR) is 127 cm³/mol. The fourth-order valence-corrected chi connectivity index (χ4v) is 5.88. The summed E-state index contributed by atoms with van der Waals surface area (Å²) in [7, 11) is 0. The van der Waals surface area contributed by atoms with Crippen LogP contribution in [0, 0.1) is 6.92 Å². The first-order valence-electron chi connectivity index (χ1n) is 12.0. The SMILES string of the molecule is CCc1cccc(C(=O)NC2C[N+]3=C(N)N[C@@H](CN4C(=O)CCC4=O)C4N=C(N)NC43C2(O)O)c1C. The molecule has 1 spiro atoms. The Morgan fingerprint density at radius 2 is 1.97 bits per heavy atom. The van der Waals surface area contributed by atoms with Crippen molar-refractivity contribution in [1.29, 1.82) is 0 Å². The van der Waals surface area contributed by atoms with Gasteiger partial charge < -0.3 is 26.6 Å². The first kappa shape index (κ1) is 24.0. The summed E-state index contributed by atoms with van der Waals surface area (Å²) in [5, 5.41) is 31.8. The van der Waals surface area contributed by atoms with Gasteiger partial charge in [-0.25, -0.2) is 9.57 Å². The zero-order valence-corrected chi connectivity index (χ0v) is 20.1. The normalized spacial score (nSPS) is 30.5. The van der Waals surface area contributed by atoms with Gasteiger partial charge in [0.2, 0.25) is 23.3 Å². The number of likely N-dealkylation sites (tertiary alicyclic amines) is 1. The molecule has 5 rings (SSSR count). The molecular weight excluding hydrogens is 468 g/mol. The predicted octanol–water partition coefficient (Wildman–Crippen LogP) is -3.22. The minimum absolute atomic E-state index is 0.0588. The minimum atomic E-state index is -2.59. The molecule has 0 radical (unpaired) electrons. The van der Waals surface area contributed by atoms with Crippen molar-refractivity contribution in [2.24, 2.45) is 16.5 Å². The number of guanidine groups is 2. The van der Waals surface area contributed by atoms with Gasteiger partial charge in [-0.3, -0.25) is 30.3 Å². The lowest BCUT2D eigenvalue weighted by atomic mass is 9.85. The lowest BCUT2D eigenvalue weighted by Crippen LogP contribution is -2.79. The molecule has 4 atom stereocenters. The molecule has 4 heterocycles. The average Bonchev–Trinajstić information content (AvgIpc) is 3.42. The van der Waals surface area contributed by atoms with Crippen LogP contribution >= 0.6 is 0 Å². The number of aliphatic imine (C=N–C) groups is 1. The molecule has 0 saturated carbocycles. The first-order valence-corrected chi connectivity index (χ1v) is 12.0. The Balaban J connectivity index is 1.48. The molecule has 1 aromatic rings. The van der Waals surface area contributed by atoms with Gasteiger partial charge in [0, 0.05) is 18.4 Å². The first-order chi connectivity index (χ1) is 17.0. The van der Waals surface area contributed by atoms with E-state index in [2.05, 4.69) is 20.9 Å². The number of amides is 3. The molecule has 9 N–H and O–H groups in total. The van der Waals surface area contributed by atoms with Crippen LogP contribution < -0.4 is 27.4 Å². The van der Waals surface area contributed by atoms with Crippen LogP contribution in [-0.4, -0.2) is 92.0 Å². The maximum Gasteiger partial charge on any atom is 0.346 e. The molecule has 0 aliphatic carbocycles. The van der Waals surface area contributed by atoms with Crippen molar-refractivity contribution in [2.45, 2.75) is 62.7 Å². The lowest BCUT2D eigenvalue weighted by Gasteiger charge is -2.44. The smallest absolute Gasteiger partial charge is 0.346 e. The number of nitrogens with one attached hydrogen (secondary N) is 3. The van der Waals surface area contributed by atoms with Crippen LogP contribution in [0.4, 0.5) is 0 Å². The molecule has 13 nitrogen and oxygen atoms in total. The highest BCUT2D eigenvalue weighted by Crippen LogP contribution is 2.41. The number of nitrogens with zero attached hydrogens (tertiary/aromatic N) is 3. The topological polar surface area (TPSA) is 198 Å². The molecule has 0 aromatic heterocycles. The molecule has 36 heavy (non-hydrogen) atoms. The summed E-state index contributed by atoms with van der Waals surface area (Å²) in [5.41, 5.74) is 12.8. The molecule has 4 aliphatic rings. The highest BCUT2D eigenvalue weighted by molar-refractivity contribution is 6.02. The number of carbonyl (C=O) groups excluding carboxylic acids is 3. The van der Waals surface area contributed by atoms with Crippen molar-refractivity contribution < 1.29 is 29.2 Å². The monoisotopic (exact) mass is 499 g/mol. The van der Waals surface area contributed by atoms with Gasteiger partial charge in [0.05, 0.1) is 13.1 Å². The number of imide groups is 1. The third-order valence-electron chi connectivity index (χ3n) is 7.78. The van der Waals surface area contributed by atoms with Crippen LogP contribution in [0.1, 0.15) is 41.3 Å². The van der Waals surface area contributed by atoms with E-state index in [9.17, 15) is 24.6 Å². The Bertz CT molecular complexity index is 1210. The quantitative estimate of drug-likeness (QED) is 0.124. The fraction of sp³-hybridized carbons (Fsp3) is 0.522. The standard InChI is InChI=1S/C23H30N8O5/c1-3-12-5-4-6-13(11(12)2)19(34)27-15-10-31-21(25)26-14(9-30-16(32)7-8-17(30)33)18-22(31,23(15,35)36)29-20(24)28-18/h4-6,14-15,18,35-36H,3,7-10H2,1-2H3,(H6,24,25,26,27,28,29,34)/p+1/t14-,15?,18?,22?/m0/s1. The van der Waals surface area contributed by atoms with Gasteiger partial charge in [-0.15, -0.1) is 0 Å². The Morgan fingerprint density at radius 1 is 1.28 bits per heavy atom. The van der Waals surface area contributed by atoms with Crippen LogP contribution in [0.5, 0.6) is 0 Å². The fourth-order valence-electron chi connectivity index (χ4n) is 5.88. The molecule has 1 aromatic carbocycles. The number of carbonyl (C=O) groups is 3. The molecule has 192 valence electrons. The van der Waals surface area contributed by atoms with Gasteiger partial charge in [-0.1, -0.05) is 19.1 Å². The van der Waals surface area contributed by atoms with Crippen molar-refractivity contribution in [3.63, 3.8) is 0 Å². The van der Waals surface area contributed by atoms with Gasteiger partial charge in [-0.2, -0.15) is 0 Å².